The Balaban J connectivity index is 1.23. The SMILES string of the molecule is O=C(CCCn1ccnn1)c1ccc(OCc2coc(/C=C/c3ccc(OC(F)(F)F)cc3)n2)cc1. The lowest BCUT2D eigenvalue weighted by atomic mass is 10.1. The third kappa shape index (κ3) is 7.55. The molecule has 0 fully saturated rings. The molecule has 2 heterocycles. The number of oxazole rings is 1. The fourth-order valence-electron chi connectivity index (χ4n) is 3.21. The van der Waals surface area contributed by atoms with Crippen LogP contribution >= 0.6 is 0 Å². The van der Waals surface area contributed by atoms with Crippen LogP contribution < -0.4 is 9.47 Å². The van der Waals surface area contributed by atoms with Crippen LogP contribution in [0.1, 0.15) is 40.3 Å². The zero-order valence-electron chi connectivity index (χ0n) is 18.9. The minimum atomic E-state index is -4.73. The standard InChI is InChI=1S/C25H21F3N4O4/c26-25(27,28)36-22-8-3-18(4-9-22)5-12-24-30-20(17-35-24)16-34-21-10-6-19(7-11-21)23(33)2-1-14-32-15-13-29-31-32/h3-13,15,17H,1-2,14,16H2/b12-5+. The van der Waals surface area contributed by atoms with E-state index in [-0.39, 0.29) is 18.1 Å². The molecule has 0 radical (unpaired) electrons. The van der Waals surface area contributed by atoms with Crippen molar-refractivity contribution in [3.8, 4) is 11.5 Å². The van der Waals surface area contributed by atoms with Gasteiger partial charge in [0, 0.05) is 30.8 Å². The Labute approximate surface area is 204 Å². The van der Waals surface area contributed by atoms with Crippen LogP contribution in [-0.4, -0.2) is 32.1 Å². The predicted octanol–water partition coefficient (Wildman–Crippen LogP) is 5.58. The summed E-state index contributed by atoms with van der Waals surface area (Å²) in [6, 6.07) is 12.3. The zero-order chi connectivity index (χ0) is 25.4. The monoisotopic (exact) mass is 498 g/mol. The molecular weight excluding hydrogens is 477 g/mol. The van der Waals surface area contributed by atoms with Crippen LogP contribution in [0.3, 0.4) is 0 Å². The molecule has 0 amide bonds. The first-order valence-electron chi connectivity index (χ1n) is 10.9. The zero-order valence-corrected chi connectivity index (χ0v) is 18.9. The van der Waals surface area contributed by atoms with Crippen molar-refractivity contribution in [1.82, 2.24) is 20.0 Å². The summed E-state index contributed by atoms with van der Waals surface area (Å²) in [4.78, 5) is 16.6. The topological polar surface area (TPSA) is 92.3 Å². The fourth-order valence-corrected chi connectivity index (χ4v) is 3.21. The summed E-state index contributed by atoms with van der Waals surface area (Å²) in [5.41, 5.74) is 1.80. The number of nitrogens with zero attached hydrogens (tertiary/aromatic N) is 4. The van der Waals surface area contributed by atoms with E-state index in [1.165, 1.54) is 30.5 Å². The summed E-state index contributed by atoms with van der Waals surface area (Å²) in [6.45, 7) is 0.789. The van der Waals surface area contributed by atoms with Gasteiger partial charge in [-0.3, -0.25) is 9.48 Å². The third-order valence-corrected chi connectivity index (χ3v) is 4.93. The number of aromatic nitrogens is 4. The second-order valence-electron chi connectivity index (χ2n) is 7.63. The van der Waals surface area contributed by atoms with Gasteiger partial charge < -0.3 is 13.9 Å². The van der Waals surface area contributed by atoms with Gasteiger partial charge in [0.05, 0.1) is 6.20 Å². The minimum Gasteiger partial charge on any atom is -0.487 e. The Bertz CT molecular complexity index is 1280. The van der Waals surface area contributed by atoms with Crippen LogP contribution in [0.15, 0.2) is 71.6 Å². The van der Waals surface area contributed by atoms with Crippen molar-refractivity contribution in [2.24, 2.45) is 0 Å². The number of halogens is 3. The van der Waals surface area contributed by atoms with Crippen LogP contribution in [0.25, 0.3) is 12.2 Å². The molecule has 0 aliphatic heterocycles. The lowest BCUT2D eigenvalue weighted by Gasteiger charge is -2.08. The highest BCUT2D eigenvalue weighted by Crippen LogP contribution is 2.23. The summed E-state index contributed by atoms with van der Waals surface area (Å²) >= 11 is 0. The number of carbonyl (C=O) groups is 1. The molecule has 0 N–H and O–H groups in total. The van der Waals surface area contributed by atoms with Crippen molar-refractivity contribution in [3.63, 3.8) is 0 Å². The summed E-state index contributed by atoms with van der Waals surface area (Å²) in [6.07, 6.45) is 4.38. The quantitative estimate of drug-likeness (QED) is 0.249. The van der Waals surface area contributed by atoms with Gasteiger partial charge in [-0.2, -0.15) is 0 Å². The summed E-state index contributed by atoms with van der Waals surface area (Å²) in [7, 11) is 0. The molecule has 0 aliphatic rings. The number of ketones is 1. The van der Waals surface area contributed by atoms with Crippen LogP contribution in [0.2, 0.25) is 0 Å². The first kappa shape index (κ1) is 24.7. The average molecular weight is 498 g/mol. The smallest absolute Gasteiger partial charge is 0.487 e. The Hall–Kier alpha value is -4.41. The van der Waals surface area contributed by atoms with Gasteiger partial charge >= 0.3 is 6.36 Å². The van der Waals surface area contributed by atoms with Gasteiger partial charge in [0.15, 0.2) is 5.78 Å². The number of alkyl halides is 3. The van der Waals surface area contributed by atoms with Crippen LogP contribution in [0.5, 0.6) is 11.5 Å². The normalized spacial score (nSPS) is 11.6. The molecule has 11 heteroatoms. The number of Topliss-reactive ketones (excluding diaryl/α,β-unsaturated/α-hetero) is 1. The molecule has 0 spiro atoms. The number of aryl methyl sites for hydroxylation is 1. The van der Waals surface area contributed by atoms with Crippen LogP contribution in [0.4, 0.5) is 13.2 Å². The van der Waals surface area contributed by atoms with Crippen molar-refractivity contribution in [1.29, 1.82) is 0 Å². The van der Waals surface area contributed by atoms with Crippen molar-refractivity contribution >= 4 is 17.9 Å². The Morgan fingerprint density at radius 1 is 1.03 bits per heavy atom. The summed E-state index contributed by atoms with van der Waals surface area (Å²) in [5.74, 6) is 0.638. The molecule has 4 aromatic rings. The van der Waals surface area contributed by atoms with E-state index in [9.17, 15) is 18.0 Å². The highest BCUT2D eigenvalue weighted by molar-refractivity contribution is 5.96. The van der Waals surface area contributed by atoms with E-state index < -0.39 is 6.36 Å². The maximum absolute atomic E-state index is 12.3. The maximum atomic E-state index is 12.3. The number of ether oxygens (including phenoxy) is 2. The Morgan fingerprint density at radius 2 is 1.78 bits per heavy atom. The fraction of sp³-hybridized carbons (Fsp3) is 0.200. The second-order valence-corrected chi connectivity index (χ2v) is 7.63. The molecule has 0 atom stereocenters. The van der Waals surface area contributed by atoms with Gasteiger partial charge in [0.2, 0.25) is 5.89 Å². The van der Waals surface area contributed by atoms with E-state index in [2.05, 4.69) is 20.0 Å². The van der Waals surface area contributed by atoms with E-state index >= 15 is 0 Å². The van der Waals surface area contributed by atoms with Gasteiger partial charge in [0.25, 0.3) is 0 Å². The number of benzene rings is 2. The van der Waals surface area contributed by atoms with E-state index in [0.29, 0.717) is 47.8 Å². The van der Waals surface area contributed by atoms with Gasteiger partial charge in [-0.25, -0.2) is 4.98 Å². The number of carbonyl (C=O) groups excluding carboxylic acids is 1. The predicted molar refractivity (Wildman–Crippen MR) is 123 cm³/mol. The van der Waals surface area contributed by atoms with Crippen molar-refractivity contribution in [3.05, 3.63) is 89.9 Å². The lowest BCUT2D eigenvalue weighted by Crippen LogP contribution is -2.16. The molecule has 2 aromatic heterocycles. The summed E-state index contributed by atoms with van der Waals surface area (Å²) in [5, 5.41) is 7.60. The highest BCUT2D eigenvalue weighted by atomic mass is 19.4. The molecule has 36 heavy (non-hydrogen) atoms. The molecule has 0 saturated heterocycles. The van der Waals surface area contributed by atoms with Crippen molar-refractivity contribution < 1.29 is 31.9 Å². The van der Waals surface area contributed by atoms with Gasteiger partial charge in [-0.1, -0.05) is 17.3 Å². The molecule has 0 unspecified atom stereocenters. The highest BCUT2D eigenvalue weighted by Gasteiger charge is 2.30. The average Bonchev–Trinajstić information content (AvgIpc) is 3.54. The van der Waals surface area contributed by atoms with E-state index in [0.717, 1.165) is 0 Å². The number of rotatable bonds is 11. The largest absolute Gasteiger partial charge is 0.573 e. The van der Waals surface area contributed by atoms with Gasteiger partial charge in [0.1, 0.15) is 30.1 Å². The van der Waals surface area contributed by atoms with E-state index in [4.69, 9.17) is 9.15 Å². The summed E-state index contributed by atoms with van der Waals surface area (Å²) < 4.78 is 53.3. The van der Waals surface area contributed by atoms with E-state index in [1.54, 1.807) is 53.5 Å². The van der Waals surface area contributed by atoms with Crippen LogP contribution in [-0.2, 0) is 13.2 Å². The maximum Gasteiger partial charge on any atom is 0.573 e. The van der Waals surface area contributed by atoms with E-state index in [1.807, 2.05) is 0 Å². The number of hydrogen-bond donors (Lipinski definition) is 0. The Kier molecular flexibility index (Phi) is 7.79. The molecule has 2 aromatic carbocycles. The molecule has 186 valence electrons. The van der Waals surface area contributed by atoms with Crippen LogP contribution in [0, 0.1) is 0 Å². The van der Waals surface area contributed by atoms with Gasteiger partial charge in [-0.05, 0) is 54.5 Å². The first-order valence-corrected chi connectivity index (χ1v) is 10.9. The molecule has 0 aliphatic carbocycles. The molecule has 4 rings (SSSR count). The second kappa shape index (κ2) is 11.3. The first-order chi connectivity index (χ1) is 17.3. The molecule has 0 bridgehead atoms. The van der Waals surface area contributed by atoms with Gasteiger partial charge in [-0.15, -0.1) is 18.3 Å². The third-order valence-electron chi connectivity index (χ3n) is 4.93. The molecule has 8 nitrogen and oxygen atoms in total. The molecular formula is C25H21F3N4O4. The Morgan fingerprint density at radius 3 is 2.47 bits per heavy atom. The lowest BCUT2D eigenvalue weighted by molar-refractivity contribution is -0.274. The number of hydrogen-bond acceptors (Lipinski definition) is 7. The molecule has 0 saturated carbocycles. The van der Waals surface area contributed by atoms with Crippen molar-refractivity contribution in [2.45, 2.75) is 32.4 Å². The van der Waals surface area contributed by atoms with Crippen molar-refractivity contribution in [2.75, 3.05) is 0 Å². The minimum absolute atomic E-state index is 0.0390.